The van der Waals surface area contributed by atoms with Crippen molar-refractivity contribution in [2.24, 2.45) is 0 Å². The lowest BCUT2D eigenvalue weighted by atomic mass is 10.1. The molecule has 0 aliphatic carbocycles. The van der Waals surface area contributed by atoms with Crippen LogP contribution in [-0.2, 0) is 4.74 Å². The van der Waals surface area contributed by atoms with Crippen LogP contribution in [0.5, 0.6) is 17.2 Å². The molecule has 0 saturated carbocycles. The molecular formula is C21H30N2O6. The van der Waals surface area contributed by atoms with E-state index in [-0.39, 0.29) is 6.10 Å². The van der Waals surface area contributed by atoms with Crippen LogP contribution in [0.1, 0.15) is 33.1 Å². The molecule has 29 heavy (non-hydrogen) atoms. The number of hydrogen-bond donors (Lipinski definition) is 1. The smallest absolute Gasteiger partial charge is 0.412 e. The van der Waals surface area contributed by atoms with Crippen molar-refractivity contribution in [3.8, 4) is 17.2 Å². The number of likely N-dealkylation sites (tertiary alicyclic amines) is 1. The Balaban J connectivity index is 1.92. The molecule has 1 fully saturated rings. The molecule has 0 spiro atoms. The van der Waals surface area contributed by atoms with Crippen molar-refractivity contribution < 1.29 is 28.2 Å². The minimum Gasteiger partial charge on any atom is -0.494 e. The van der Waals surface area contributed by atoms with Gasteiger partial charge in [0.05, 0.1) is 32.0 Å². The predicted octanol–water partition coefficient (Wildman–Crippen LogP) is 4.27. The van der Waals surface area contributed by atoms with Gasteiger partial charge in [-0.2, -0.15) is 0 Å². The lowest BCUT2D eigenvalue weighted by Crippen LogP contribution is -2.33. The van der Waals surface area contributed by atoms with E-state index in [1.54, 1.807) is 26.2 Å². The number of anilines is 1. The van der Waals surface area contributed by atoms with Crippen LogP contribution in [0.4, 0.5) is 10.5 Å². The Morgan fingerprint density at radius 2 is 1.86 bits per heavy atom. The summed E-state index contributed by atoms with van der Waals surface area (Å²) in [5.41, 5.74) is 0.864. The molecule has 1 aliphatic rings. The van der Waals surface area contributed by atoms with E-state index in [1.165, 1.54) is 33.5 Å². The molecule has 2 heterocycles. The van der Waals surface area contributed by atoms with E-state index in [1.807, 2.05) is 0 Å². The molecule has 1 amide bonds. The first kappa shape index (κ1) is 21.1. The Hall–Kier alpha value is -2.61. The Morgan fingerprint density at radius 1 is 1.14 bits per heavy atom. The van der Waals surface area contributed by atoms with Gasteiger partial charge < -0.3 is 23.4 Å². The number of carbonyl (C=O) groups excluding carboxylic acids is 1. The summed E-state index contributed by atoms with van der Waals surface area (Å²) >= 11 is 0. The molecule has 1 aliphatic heterocycles. The van der Waals surface area contributed by atoms with Crippen molar-refractivity contribution in [3.63, 3.8) is 0 Å². The number of furan rings is 1. The molecule has 0 atom stereocenters. The second-order valence-corrected chi connectivity index (χ2v) is 7.26. The van der Waals surface area contributed by atoms with E-state index in [0.717, 1.165) is 19.6 Å². The van der Waals surface area contributed by atoms with Gasteiger partial charge in [-0.1, -0.05) is 6.42 Å². The Bertz CT molecular complexity index is 826. The molecule has 160 valence electrons. The van der Waals surface area contributed by atoms with Crippen molar-refractivity contribution in [1.29, 1.82) is 0 Å². The molecule has 2 aromatic rings. The Kier molecular flexibility index (Phi) is 7.09. The maximum atomic E-state index is 12.3. The van der Waals surface area contributed by atoms with Crippen LogP contribution < -0.4 is 19.5 Å². The molecule has 0 radical (unpaired) electrons. The van der Waals surface area contributed by atoms with Gasteiger partial charge in [0, 0.05) is 6.54 Å². The third-order valence-corrected chi connectivity index (χ3v) is 4.86. The number of methoxy groups -OCH3 is 2. The number of amides is 1. The van der Waals surface area contributed by atoms with Gasteiger partial charge in [0.15, 0.2) is 17.1 Å². The zero-order chi connectivity index (χ0) is 20.8. The minimum atomic E-state index is -0.593. The third kappa shape index (κ3) is 4.87. The van der Waals surface area contributed by atoms with E-state index < -0.39 is 6.09 Å². The highest BCUT2D eigenvalue weighted by atomic mass is 16.6. The van der Waals surface area contributed by atoms with E-state index in [4.69, 9.17) is 23.4 Å². The molecule has 8 heteroatoms. The standard InChI is InChI=1S/C21H30N2O6/c1-14(2)29-21(24)22-16-17(25-3)15-8-12-27-18(15)20(26-4)19(16)28-13-11-23-9-6-5-7-10-23/h8,12,14H,5-7,9-11,13H2,1-4H3,(H,22,24). The van der Waals surface area contributed by atoms with E-state index >= 15 is 0 Å². The number of nitrogens with one attached hydrogen (secondary N) is 1. The summed E-state index contributed by atoms with van der Waals surface area (Å²) in [6.07, 6.45) is 4.40. The molecule has 3 rings (SSSR count). The van der Waals surface area contributed by atoms with Gasteiger partial charge in [-0.05, 0) is 45.8 Å². The number of hydrogen-bond acceptors (Lipinski definition) is 7. The molecule has 1 aromatic heterocycles. The van der Waals surface area contributed by atoms with Gasteiger partial charge in [0.1, 0.15) is 12.3 Å². The van der Waals surface area contributed by atoms with Crippen LogP contribution >= 0.6 is 0 Å². The summed E-state index contributed by atoms with van der Waals surface area (Å²) in [6, 6.07) is 1.76. The highest BCUT2D eigenvalue weighted by Crippen LogP contribution is 2.50. The molecular weight excluding hydrogens is 376 g/mol. The SMILES string of the molecule is COc1c(NC(=O)OC(C)C)c(OCCN2CCCCC2)c(OC)c2occc12. The van der Waals surface area contributed by atoms with E-state index in [9.17, 15) is 4.79 Å². The second kappa shape index (κ2) is 9.73. The van der Waals surface area contributed by atoms with Crippen molar-refractivity contribution in [3.05, 3.63) is 12.3 Å². The number of ether oxygens (including phenoxy) is 4. The van der Waals surface area contributed by atoms with E-state index in [2.05, 4.69) is 10.2 Å². The number of benzene rings is 1. The monoisotopic (exact) mass is 406 g/mol. The van der Waals surface area contributed by atoms with Crippen molar-refractivity contribution in [2.75, 3.05) is 45.8 Å². The first-order valence-corrected chi connectivity index (χ1v) is 10.0. The summed E-state index contributed by atoms with van der Waals surface area (Å²) in [7, 11) is 3.07. The number of carbonyl (C=O) groups is 1. The summed E-state index contributed by atoms with van der Waals surface area (Å²) in [5.74, 6) is 1.21. The zero-order valence-electron chi connectivity index (χ0n) is 17.6. The molecule has 1 saturated heterocycles. The van der Waals surface area contributed by atoms with Crippen molar-refractivity contribution in [1.82, 2.24) is 4.90 Å². The quantitative estimate of drug-likeness (QED) is 0.701. The fourth-order valence-electron chi connectivity index (χ4n) is 3.57. The average molecular weight is 406 g/mol. The van der Waals surface area contributed by atoms with Crippen LogP contribution in [0.3, 0.4) is 0 Å². The van der Waals surface area contributed by atoms with Crippen molar-refractivity contribution in [2.45, 2.75) is 39.2 Å². The van der Waals surface area contributed by atoms with Gasteiger partial charge in [-0.15, -0.1) is 0 Å². The van der Waals surface area contributed by atoms with Gasteiger partial charge in [0.2, 0.25) is 5.75 Å². The molecule has 8 nitrogen and oxygen atoms in total. The normalized spacial score (nSPS) is 14.8. The van der Waals surface area contributed by atoms with Gasteiger partial charge in [0.25, 0.3) is 0 Å². The fourth-order valence-corrected chi connectivity index (χ4v) is 3.57. The third-order valence-electron chi connectivity index (χ3n) is 4.86. The largest absolute Gasteiger partial charge is 0.494 e. The Morgan fingerprint density at radius 3 is 2.52 bits per heavy atom. The number of fused-ring (bicyclic) bond motifs is 1. The predicted molar refractivity (Wildman–Crippen MR) is 110 cm³/mol. The fraction of sp³-hybridized carbons (Fsp3) is 0.571. The molecule has 1 aromatic carbocycles. The molecule has 0 unspecified atom stereocenters. The molecule has 1 N–H and O–H groups in total. The number of nitrogens with zero attached hydrogens (tertiary/aromatic N) is 1. The maximum Gasteiger partial charge on any atom is 0.412 e. The summed E-state index contributed by atoms with van der Waals surface area (Å²) in [5, 5.41) is 3.43. The zero-order valence-corrected chi connectivity index (χ0v) is 17.6. The topological polar surface area (TPSA) is 82.4 Å². The molecule has 0 bridgehead atoms. The average Bonchev–Trinajstić information content (AvgIpc) is 3.17. The lowest BCUT2D eigenvalue weighted by Gasteiger charge is -2.26. The van der Waals surface area contributed by atoms with Gasteiger partial charge >= 0.3 is 6.09 Å². The lowest BCUT2D eigenvalue weighted by molar-refractivity contribution is 0.129. The highest BCUT2D eigenvalue weighted by Gasteiger charge is 2.27. The number of piperidine rings is 1. The summed E-state index contributed by atoms with van der Waals surface area (Å²) < 4.78 is 28.1. The summed E-state index contributed by atoms with van der Waals surface area (Å²) in [4.78, 5) is 14.7. The van der Waals surface area contributed by atoms with Crippen LogP contribution in [0.2, 0.25) is 0 Å². The van der Waals surface area contributed by atoms with Crippen LogP contribution in [-0.4, -0.2) is 57.6 Å². The van der Waals surface area contributed by atoms with Crippen LogP contribution in [0.15, 0.2) is 16.7 Å². The summed E-state index contributed by atoms with van der Waals surface area (Å²) in [6.45, 7) is 6.95. The first-order valence-electron chi connectivity index (χ1n) is 10.0. The van der Waals surface area contributed by atoms with Gasteiger partial charge in [-0.25, -0.2) is 4.79 Å². The Labute approximate surface area is 171 Å². The van der Waals surface area contributed by atoms with Crippen LogP contribution in [0.25, 0.3) is 11.0 Å². The van der Waals surface area contributed by atoms with Gasteiger partial charge in [-0.3, -0.25) is 10.2 Å². The minimum absolute atomic E-state index is 0.260. The van der Waals surface area contributed by atoms with Crippen molar-refractivity contribution >= 4 is 22.7 Å². The maximum absolute atomic E-state index is 12.3. The highest BCUT2D eigenvalue weighted by molar-refractivity contribution is 6.02. The van der Waals surface area contributed by atoms with Crippen LogP contribution in [0, 0.1) is 0 Å². The number of rotatable bonds is 8. The van der Waals surface area contributed by atoms with E-state index in [0.29, 0.717) is 40.5 Å². The first-order chi connectivity index (χ1) is 14.0. The second-order valence-electron chi connectivity index (χ2n) is 7.26.